The van der Waals surface area contributed by atoms with Crippen molar-refractivity contribution in [3.8, 4) is 0 Å². The first-order chi connectivity index (χ1) is 8.72. The Bertz CT molecular complexity index is 271. The quantitative estimate of drug-likeness (QED) is 0.821. The number of rotatable bonds is 3. The average Bonchev–Trinajstić information content (AvgIpc) is 2.76. The highest BCUT2D eigenvalue weighted by molar-refractivity contribution is 4.93. The number of fused-ring (bicyclic) bond motifs is 2. The topological polar surface area (TPSA) is 18.5 Å². The summed E-state index contributed by atoms with van der Waals surface area (Å²) in [6.45, 7) is 11.3. The highest BCUT2D eigenvalue weighted by Gasteiger charge is 2.35. The molecule has 0 aliphatic carbocycles. The lowest BCUT2D eigenvalue weighted by Crippen LogP contribution is -2.52. The minimum atomic E-state index is 0.726. The van der Waals surface area contributed by atoms with Crippen molar-refractivity contribution < 1.29 is 0 Å². The van der Waals surface area contributed by atoms with E-state index < -0.39 is 0 Å². The molecule has 3 heteroatoms. The van der Waals surface area contributed by atoms with Crippen molar-refractivity contribution >= 4 is 0 Å². The summed E-state index contributed by atoms with van der Waals surface area (Å²) in [4.78, 5) is 5.26. The summed E-state index contributed by atoms with van der Waals surface area (Å²) in [5.41, 5.74) is 0. The van der Waals surface area contributed by atoms with E-state index in [2.05, 4.69) is 29.0 Å². The molecule has 3 fully saturated rings. The summed E-state index contributed by atoms with van der Waals surface area (Å²) in [5, 5.41) is 3.99. The number of nitrogens with one attached hydrogen (secondary N) is 1. The molecule has 0 aromatic carbocycles. The van der Waals surface area contributed by atoms with Gasteiger partial charge in [-0.3, -0.25) is 0 Å². The maximum absolute atomic E-state index is 3.99. The van der Waals surface area contributed by atoms with Crippen LogP contribution in [0.5, 0.6) is 0 Å². The minimum Gasteiger partial charge on any atom is -0.311 e. The lowest BCUT2D eigenvalue weighted by molar-refractivity contribution is 0.140. The molecule has 3 atom stereocenters. The summed E-state index contributed by atoms with van der Waals surface area (Å²) in [6.07, 6.45) is 5.52. The van der Waals surface area contributed by atoms with Gasteiger partial charge in [-0.2, -0.15) is 0 Å². The first-order valence-electron chi connectivity index (χ1n) is 7.95. The van der Waals surface area contributed by atoms with Crippen LogP contribution < -0.4 is 5.32 Å². The molecular weight excluding hydrogens is 222 g/mol. The SMILES string of the molecule is CC(C)N1CCC(NC2CCN3CCC2C3)CC1. The van der Waals surface area contributed by atoms with Crippen LogP contribution in [0, 0.1) is 5.92 Å². The Morgan fingerprint density at radius 3 is 2.39 bits per heavy atom. The molecule has 3 aliphatic heterocycles. The van der Waals surface area contributed by atoms with Gasteiger partial charge in [0, 0.05) is 24.7 Å². The van der Waals surface area contributed by atoms with Crippen molar-refractivity contribution in [2.75, 3.05) is 32.7 Å². The Labute approximate surface area is 112 Å². The molecule has 3 aliphatic rings. The lowest BCUT2D eigenvalue weighted by Gasteiger charge is -2.39. The van der Waals surface area contributed by atoms with Crippen LogP contribution >= 0.6 is 0 Å². The average molecular weight is 251 g/mol. The fourth-order valence-corrected chi connectivity index (χ4v) is 4.06. The molecule has 1 N–H and O–H groups in total. The van der Waals surface area contributed by atoms with E-state index in [1.54, 1.807) is 0 Å². The van der Waals surface area contributed by atoms with Gasteiger partial charge < -0.3 is 15.1 Å². The Morgan fingerprint density at radius 2 is 1.67 bits per heavy atom. The van der Waals surface area contributed by atoms with E-state index in [0.717, 1.165) is 24.0 Å². The Kier molecular flexibility index (Phi) is 3.92. The zero-order valence-corrected chi connectivity index (χ0v) is 12.1. The van der Waals surface area contributed by atoms with Gasteiger partial charge in [0.25, 0.3) is 0 Å². The number of hydrogen-bond donors (Lipinski definition) is 1. The standard InChI is InChI=1S/C15H29N3/c1-12(2)18-9-4-14(5-10-18)16-15-6-8-17-7-3-13(15)11-17/h12-16H,3-11H2,1-2H3. The molecule has 0 amide bonds. The Morgan fingerprint density at radius 1 is 0.944 bits per heavy atom. The van der Waals surface area contributed by atoms with E-state index in [1.807, 2.05) is 0 Å². The zero-order valence-electron chi connectivity index (χ0n) is 12.1. The highest BCUT2D eigenvalue weighted by Crippen LogP contribution is 2.28. The van der Waals surface area contributed by atoms with Crippen LogP contribution in [0.15, 0.2) is 0 Å². The molecule has 3 nitrogen and oxygen atoms in total. The molecule has 0 aromatic rings. The third-order valence-corrected chi connectivity index (χ3v) is 5.34. The fraction of sp³-hybridized carbons (Fsp3) is 1.00. The summed E-state index contributed by atoms with van der Waals surface area (Å²) in [7, 11) is 0. The van der Waals surface area contributed by atoms with E-state index in [4.69, 9.17) is 0 Å². The van der Waals surface area contributed by atoms with Crippen molar-refractivity contribution in [1.29, 1.82) is 0 Å². The molecule has 0 spiro atoms. The van der Waals surface area contributed by atoms with Crippen LogP contribution in [-0.2, 0) is 0 Å². The van der Waals surface area contributed by atoms with Gasteiger partial charge in [-0.05, 0) is 71.6 Å². The zero-order chi connectivity index (χ0) is 12.5. The van der Waals surface area contributed by atoms with Crippen molar-refractivity contribution in [1.82, 2.24) is 15.1 Å². The number of nitrogens with zero attached hydrogens (tertiary/aromatic N) is 2. The van der Waals surface area contributed by atoms with E-state index in [-0.39, 0.29) is 0 Å². The van der Waals surface area contributed by atoms with Crippen LogP contribution in [0.1, 0.15) is 39.5 Å². The highest BCUT2D eigenvalue weighted by atomic mass is 15.2. The van der Waals surface area contributed by atoms with Gasteiger partial charge in [0.2, 0.25) is 0 Å². The van der Waals surface area contributed by atoms with E-state index in [1.165, 1.54) is 58.4 Å². The summed E-state index contributed by atoms with van der Waals surface area (Å²) in [5.74, 6) is 0.946. The molecule has 3 saturated heterocycles. The van der Waals surface area contributed by atoms with Gasteiger partial charge in [-0.25, -0.2) is 0 Å². The smallest absolute Gasteiger partial charge is 0.0123 e. The molecule has 3 rings (SSSR count). The molecule has 104 valence electrons. The van der Waals surface area contributed by atoms with Gasteiger partial charge in [-0.15, -0.1) is 0 Å². The first-order valence-corrected chi connectivity index (χ1v) is 7.95. The predicted octanol–water partition coefficient (Wildman–Crippen LogP) is 1.54. The van der Waals surface area contributed by atoms with E-state index in [0.29, 0.717) is 0 Å². The van der Waals surface area contributed by atoms with Crippen LogP contribution in [0.4, 0.5) is 0 Å². The normalized spacial score (nSPS) is 38.5. The van der Waals surface area contributed by atoms with Crippen LogP contribution in [0.25, 0.3) is 0 Å². The Balaban J connectivity index is 1.46. The molecule has 3 heterocycles. The van der Waals surface area contributed by atoms with Gasteiger partial charge in [0.15, 0.2) is 0 Å². The van der Waals surface area contributed by atoms with Crippen molar-refractivity contribution in [2.24, 2.45) is 5.92 Å². The number of hydrogen-bond acceptors (Lipinski definition) is 3. The second-order valence-electron chi connectivity index (χ2n) is 6.82. The molecule has 18 heavy (non-hydrogen) atoms. The monoisotopic (exact) mass is 251 g/mol. The van der Waals surface area contributed by atoms with Crippen LogP contribution in [-0.4, -0.2) is 60.6 Å². The molecule has 0 saturated carbocycles. The van der Waals surface area contributed by atoms with Gasteiger partial charge >= 0.3 is 0 Å². The van der Waals surface area contributed by atoms with Crippen LogP contribution in [0.2, 0.25) is 0 Å². The second-order valence-corrected chi connectivity index (χ2v) is 6.82. The third-order valence-electron chi connectivity index (χ3n) is 5.34. The molecule has 0 radical (unpaired) electrons. The summed E-state index contributed by atoms with van der Waals surface area (Å²) < 4.78 is 0. The van der Waals surface area contributed by atoms with Gasteiger partial charge in [-0.1, -0.05) is 0 Å². The molecule has 0 aromatic heterocycles. The maximum Gasteiger partial charge on any atom is 0.0123 e. The van der Waals surface area contributed by atoms with Gasteiger partial charge in [0.1, 0.15) is 0 Å². The van der Waals surface area contributed by atoms with Gasteiger partial charge in [0.05, 0.1) is 0 Å². The largest absolute Gasteiger partial charge is 0.311 e. The maximum atomic E-state index is 3.99. The van der Waals surface area contributed by atoms with Crippen molar-refractivity contribution in [2.45, 2.75) is 57.7 Å². The Hall–Kier alpha value is -0.120. The third kappa shape index (κ3) is 2.73. The van der Waals surface area contributed by atoms with Crippen molar-refractivity contribution in [3.05, 3.63) is 0 Å². The fourth-order valence-electron chi connectivity index (χ4n) is 4.06. The number of likely N-dealkylation sites (tertiary alicyclic amines) is 1. The van der Waals surface area contributed by atoms with Crippen molar-refractivity contribution in [3.63, 3.8) is 0 Å². The second kappa shape index (κ2) is 5.48. The molecule has 2 bridgehead atoms. The van der Waals surface area contributed by atoms with E-state index in [9.17, 15) is 0 Å². The summed E-state index contributed by atoms with van der Waals surface area (Å²) >= 11 is 0. The van der Waals surface area contributed by atoms with Crippen LogP contribution in [0.3, 0.4) is 0 Å². The first kappa shape index (κ1) is 12.9. The molecule has 3 unspecified atom stereocenters. The predicted molar refractivity (Wildman–Crippen MR) is 75.8 cm³/mol. The van der Waals surface area contributed by atoms with E-state index >= 15 is 0 Å². The summed E-state index contributed by atoms with van der Waals surface area (Å²) in [6, 6.07) is 2.33. The minimum absolute atomic E-state index is 0.726. The molecular formula is C15H29N3. The number of piperidine rings is 2. The lowest BCUT2D eigenvalue weighted by atomic mass is 9.92.